The molecule has 0 saturated heterocycles. The van der Waals surface area contributed by atoms with E-state index in [0.717, 1.165) is 15.6 Å². The Balaban J connectivity index is 1.57. The smallest absolute Gasteiger partial charge is 0.292 e. The molecular formula is C17H12BrN5O2S. The van der Waals surface area contributed by atoms with Gasteiger partial charge >= 0.3 is 11.8 Å². The van der Waals surface area contributed by atoms with Gasteiger partial charge in [-0.2, -0.15) is 5.10 Å². The normalized spacial score (nSPS) is 10.7. The first-order valence-electron chi connectivity index (χ1n) is 7.41. The molecule has 0 aliphatic rings. The van der Waals surface area contributed by atoms with Crippen LogP contribution in [0.5, 0.6) is 0 Å². The average Bonchev–Trinajstić information content (AvgIpc) is 3.12. The Labute approximate surface area is 161 Å². The van der Waals surface area contributed by atoms with Crippen LogP contribution in [0.15, 0.2) is 64.2 Å². The number of hydrogen-bond acceptors (Lipinski definition) is 6. The van der Waals surface area contributed by atoms with Gasteiger partial charge in [0.05, 0.1) is 6.21 Å². The second kappa shape index (κ2) is 8.45. The summed E-state index contributed by atoms with van der Waals surface area (Å²) < 4.78 is 0.824. The summed E-state index contributed by atoms with van der Waals surface area (Å²) in [6.45, 7) is 0. The molecule has 0 radical (unpaired) electrons. The van der Waals surface area contributed by atoms with Crippen LogP contribution in [0.2, 0.25) is 0 Å². The first-order valence-corrected chi connectivity index (χ1v) is 9.02. The molecular weight excluding hydrogens is 418 g/mol. The van der Waals surface area contributed by atoms with Gasteiger partial charge < -0.3 is 0 Å². The van der Waals surface area contributed by atoms with Gasteiger partial charge in [-0.1, -0.05) is 75.8 Å². The van der Waals surface area contributed by atoms with Gasteiger partial charge in [0.15, 0.2) is 0 Å². The number of rotatable bonds is 4. The lowest BCUT2D eigenvalue weighted by molar-refractivity contribution is -0.136. The summed E-state index contributed by atoms with van der Waals surface area (Å²) in [5.41, 5.74) is 3.82. The van der Waals surface area contributed by atoms with Gasteiger partial charge in [0, 0.05) is 15.6 Å². The van der Waals surface area contributed by atoms with Crippen LogP contribution in [0, 0.1) is 0 Å². The van der Waals surface area contributed by atoms with Gasteiger partial charge in [0.2, 0.25) is 5.13 Å². The van der Waals surface area contributed by atoms with Gasteiger partial charge in [0.1, 0.15) is 5.01 Å². The summed E-state index contributed by atoms with van der Waals surface area (Å²) in [4.78, 5) is 23.7. The van der Waals surface area contributed by atoms with Crippen molar-refractivity contribution < 1.29 is 9.59 Å². The minimum atomic E-state index is -0.898. The molecule has 26 heavy (non-hydrogen) atoms. The van der Waals surface area contributed by atoms with Crippen molar-refractivity contribution >= 4 is 50.4 Å². The van der Waals surface area contributed by atoms with Crippen molar-refractivity contribution in [2.75, 3.05) is 5.32 Å². The van der Waals surface area contributed by atoms with Crippen LogP contribution < -0.4 is 10.7 Å². The standard InChI is InChI=1S/C17H12BrN5O2S/c18-13-9-5-4-8-12(13)10-19-21-15(25)14(24)20-17-23-22-16(26-17)11-6-2-1-3-7-11/h1-10H,(H,21,25)(H,20,23,24)/b19-10-. The highest BCUT2D eigenvalue weighted by molar-refractivity contribution is 9.10. The summed E-state index contributed by atoms with van der Waals surface area (Å²) >= 11 is 4.54. The fourth-order valence-electron chi connectivity index (χ4n) is 1.92. The van der Waals surface area contributed by atoms with Gasteiger partial charge in [-0.15, -0.1) is 10.2 Å². The SMILES string of the molecule is O=C(N/N=C\c1ccccc1Br)C(=O)Nc1nnc(-c2ccccc2)s1. The van der Waals surface area contributed by atoms with Crippen molar-refractivity contribution in [3.05, 3.63) is 64.6 Å². The molecule has 0 aliphatic heterocycles. The minimum Gasteiger partial charge on any atom is -0.292 e. The summed E-state index contributed by atoms with van der Waals surface area (Å²) in [7, 11) is 0. The summed E-state index contributed by atoms with van der Waals surface area (Å²) in [6, 6.07) is 16.8. The van der Waals surface area contributed by atoms with E-state index >= 15 is 0 Å². The maximum Gasteiger partial charge on any atom is 0.329 e. The number of anilines is 1. The minimum absolute atomic E-state index is 0.235. The average molecular weight is 430 g/mol. The van der Waals surface area contributed by atoms with E-state index in [9.17, 15) is 9.59 Å². The molecule has 1 heterocycles. The zero-order chi connectivity index (χ0) is 18.4. The molecule has 2 aromatic carbocycles. The quantitative estimate of drug-likeness (QED) is 0.378. The van der Waals surface area contributed by atoms with Crippen LogP contribution in [-0.4, -0.2) is 28.2 Å². The van der Waals surface area contributed by atoms with Gasteiger partial charge in [0.25, 0.3) is 0 Å². The Bertz CT molecular complexity index is 959. The summed E-state index contributed by atoms with van der Waals surface area (Å²) in [5, 5.41) is 14.9. The van der Waals surface area contributed by atoms with Crippen LogP contribution in [0.25, 0.3) is 10.6 Å². The Morgan fingerprint density at radius 3 is 2.50 bits per heavy atom. The zero-order valence-corrected chi connectivity index (χ0v) is 15.6. The fraction of sp³-hybridized carbons (Fsp3) is 0. The number of nitrogens with zero attached hydrogens (tertiary/aromatic N) is 3. The highest BCUT2D eigenvalue weighted by Crippen LogP contribution is 2.25. The molecule has 7 nitrogen and oxygen atoms in total. The molecule has 9 heteroatoms. The van der Waals surface area contributed by atoms with Crippen LogP contribution in [0.4, 0.5) is 5.13 Å². The molecule has 0 spiro atoms. The third kappa shape index (κ3) is 4.58. The van der Waals surface area contributed by atoms with Crippen molar-refractivity contribution in [3.8, 4) is 10.6 Å². The lowest BCUT2D eigenvalue weighted by Gasteiger charge is -2.00. The molecule has 2 N–H and O–H groups in total. The fourth-order valence-corrected chi connectivity index (χ4v) is 3.05. The third-order valence-electron chi connectivity index (χ3n) is 3.15. The Kier molecular flexibility index (Phi) is 5.82. The molecule has 0 atom stereocenters. The Morgan fingerprint density at radius 1 is 1.00 bits per heavy atom. The third-order valence-corrected chi connectivity index (χ3v) is 4.76. The van der Waals surface area contributed by atoms with E-state index in [0.29, 0.717) is 5.01 Å². The molecule has 0 unspecified atom stereocenters. The zero-order valence-electron chi connectivity index (χ0n) is 13.2. The van der Waals surface area contributed by atoms with Gasteiger partial charge in [-0.25, -0.2) is 5.43 Å². The van der Waals surface area contributed by atoms with Gasteiger partial charge in [-0.3, -0.25) is 14.9 Å². The van der Waals surface area contributed by atoms with Crippen LogP contribution in [-0.2, 0) is 9.59 Å². The van der Waals surface area contributed by atoms with Crippen molar-refractivity contribution in [1.82, 2.24) is 15.6 Å². The number of amides is 2. The van der Waals surface area contributed by atoms with Crippen LogP contribution in [0.1, 0.15) is 5.56 Å². The molecule has 1 aromatic heterocycles. The molecule has 0 saturated carbocycles. The first kappa shape index (κ1) is 17.9. The molecule has 3 rings (SSSR count). The maximum atomic E-state index is 11.9. The second-order valence-electron chi connectivity index (χ2n) is 4.95. The van der Waals surface area contributed by atoms with E-state index in [2.05, 4.69) is 42.0 Å². The molecule has 0 fully saturated rings. The van der Waals surface area contributed by atoms with E-state index in [1.165, 1.54) is 17.6 Å². The predicted octanol–water partition coefficient (Wildman–Crippen LogP) is 3.06. The van der Waals surface area contributed by atoms with E-state index < -0.39 is 11.8 Å². The monoisotopic (exact) mass is 429 g/mol. The Morgan fingerprint density at radius 2 is 1.73 bits per heavy atom. The van der Waals surface area contributed by atoms with Crippen molar-refractivity contribution in [2.45, 2.75) is 0 Å². The lowest BCUT2D eigenvalue weighted by atomic mass is 10.2. The lowest BCUT2D eigenvalue weighted by Crippen LogP contribution is -2.32. The van der Waals surface area contributed by atoms with Crippen molar-refractivity contribution in [2.24, 2.45) is 5.10 Å². The summed E-state index contributed by atoms with van der Waals surface area (Å²) in [5.74, 6) is -1.77. The highest BCUT2D eigenvalue weighted by Gasteiger charge is 2.16. The summed E-state index contributed by atoms with van der Waals surface area (Å²) in [6.07, 6.45) is 1.44. The Hall–Kier alpha value is -2.91. The number of hydrogen-bond donors (Lipinski definition) is 2. The first-order chi connectivity index (χ1) is 12.6. The van der Waals surface area contributed by atoms with E-state index in [1.54, 1.807) is 0 Å². The molecule has 130 valence electrons. The van der Waals surface area contributed by atoms with Crippen molar-refractivity contribution in [3.63, 3.8) is 0 Å². The number of benzene rings is 2. The van der Waals surface area contributed by atoms with E-state index in [-0.39, 0.29) is 5.13 Å². The number of halogens is 1. The predicted molar refractivity (Wildman–Crippen MR) is 104 cm³/mol. The molecule has 0 bridgehead atoms. The maximum absolute atomic E-state index is 11.9. The number of nitrogens with one attached hydrogen (secondary N) is 2. The van der Waals surface area contributed by atoms with Crippen LogP contribution >= 0.6 is 27.3 Å². The number of hydrazone groups is 1. The molecule has 3 aromatic rings. The van der Waals surface area contributed by atoms with Crippen molar-refractivity contribution in [1.29, 1.82) is 0 Å². The van der Waals surface area contributed by atoms with E-state index in [1.807, 2.05) is 54.6 Å². The number of aromatic nitrogens is 2. The van der Waals surface area contributed by atoms with Gasteiger partial charge in [-0.05, 0) is 6.07 Å². The molecule has 0 aliphatic carbocycles. The van der Waals surface area contributed by atoms with E-state index in [4.69, 9.17) is 0 Å². The molecule has 2 amide bonds. The van der Waals surface area contributed by atoms with Crippen LogP contribution in [0.3, 0.4) is 0 Å². The largest absolute Gasteiger partial charge is 0.329 e. The number of carbonyl (C=O) groups is 2. The number of carbonyl (C=O) groups excluding carboxylic acids is 2. The highest BCUT2D eigenvalue weighted by atomic mass is 79.9. The topological polar surface area (TPSA) is 96.3 Å². The second-order valence-corrected chi connectivity index (χ2v) is 6.79.